The highest BCUT2D eigenvalue weighted by molar-refractivity contribution is 9.10. The van der Waals surface area contributed by atoms with Crippen LogP contribution in [0.5, 0.6) is 0 Å². The molecule has 0 amide bonds. The van der Waals surface area contributed by atoms with E-state index < -0.39 is 17.8 Å². The van der Waals surface area contributed by atoms with Crippen LogP contribution in [0, 0.1) is 0 Å². The van der Waals surface area contributed by atoms with E-state index in [1.165, 1.54) is 6.07 Å². The Labute approximate surface area is 129 Å². The van der Waals surface area contributed by atoms with Gasteiger partial charge in [-0.1, -0.05) is 28.9 Å². The molecule has 1 unspecified atom stereocenters. The van der Waals surface area contributed by atoms with Gasteiger partial charge in [-0.25, -0.2) is 0 Å². The Balaban J connectivity index is 2.43. The Morgan fingerprint density at radius 1 is 1.24 bits per heavy atom. The number of alkyl halides is 3. The number of hydrogen-bond acceptors (Lipinski definition) is 2. The van der Waals surface area contributed by atoms with Crippen LogP contribution in [0.15, 0.2) is 39.2 Å². The van der Waals surface area contributed by atoms with Gasteiger partial charge in [0.2, 0.25) is 0 Å². The number of nitrogens with one attached hydrogen (secondary N) is 1. The molecule has 1 aromatic heterocycles. The number of aryl methyl sites for hydroxylation is 1. The fourth-order valence-corrected chi connectivity index (χ4v) is 2.62. The summed E-state index contributed by atoms with van der Waals surface area (Å²) in [5.74, 6) is 1.41. The number of furan rings is 1. The van der Waals surface area contributed by atoms with Crippen molar-refractivity contribution < 1.29 is 17.6 Å². The Bertz CT molecular complexity index is 622. The molecule has 21 heavy (non-hydrogen) atoms. The summed E-state index contributed by atoms with van der Waals surface area (Å²) >= 11 is 2.94. The van der Waals surface area contributed by atoms with Gasteiger partial charge in [-0.2, -0.15) is 13.2 Å². The van der Waals surface area contributed by atoms with Crippen LogP contribution < -0.4 is 5.32 Å². The van der Waals surface area contributed by atoms with E-state index in [9.17, 15) is 13.2 Å². The summed E-state index contributed by atoms with van der Waals surface area (Å²) in [5, 5.41) is 2.99. The van der Waals surface area contributed by atoms with Crippen molar-refractivity contribution in [3.8, 4) is 0 Å². The van der Waals surface area contributed by atoms with Gasteiger partial charge in [0, 0.05) is 10.9 Å². The number of benzene rings is 1. The highest BCUT2D eigenvalue weighted by Gasteiger charge is 2.34. The SMILES string of the molecule is CCc1ccc(C(NC)c2ccc(Br)c(C(F)(F)F)c2)o1. The van der Waals surface area contributed by atoms with Crippen LogP contribution in [0.4, 0.5) is 13.2 Å². The Morgan fingerprint density at radius 3 is 2.48 bits per heavy atom. The third kappa shape index (κ3) is 3.49. The van der Waals surface area contributed by atoms with Crippen molar-refractivity contribution in [3.05, 3.63) is 57.5 Å². The molecule has 1 atom stereocenters. The average Bonchev–Trinajstić information content (AvgIpc) is 2.89. The largest absolute Gasteiger partial charge is 0.464 e. The molecule has 1 heterocycles. The predicted molar refractivity (Wildman–Crippen MR) is 78.1 cm³/mol. The molecule has 0 bridgehead atoms. The summed E-state index contributed by atoms with van der Waals surface area (Å²) in [6.45, 7) is 1.96. The molecular formula is C15H15BrF3NO. The first-order valence-electron chi connectivity index (χ1n) is 6.49. The molecule has 0 radical (unpaired) electrons. The van der Waals surface area contributed by atoms with Crippen molar-refractivity contribution in [3.63, 3.8) is 0 Å². The van der Waals surface area contributed by atoms with Crippen molar-refractivity contribution in [1.82, 2.24) is 5.32 Å². The number of hydrogen-bond donors (Lipinski definition) is 1. The molecule has 114 valence electrons. The number of rotatable bonds is 4. The lowest BCUT2D eigenvalue weighted by molar-refractivity contribution is -0.138. The summed E-state index contributed by atoms with van der Waals surface area (Å²) < 4.78 is 44.6. The van der Waals surface area contributed by atoms with Gasteiger partial charge in [0.1, 0.15) is 11.5 Å². The van der Waals surface area contributed by atoms with Crippen LogP contribution in [0.3, 0.4) is 0 Å². The number of halogens is 4. The molecule has 0 aliphatic heterocycles. The molecule has 2 rings (SSSR count). The molecule has 1 N–H and O–H groups in total. The molecule has 0 aliphatic carbocycles. The molecule has 2 nitrogen and oxygen atoms in total. The Hall–Kier alpha value is -1.27. The van der Waals surface area contributed by atoms with Crippen LogP contribution >= 0.6 is 15.9 Å². The van der Waals surface area contributed by atoms with E-state index in [0.29, 0.717) is 11.3 Å². The smallest absolute Gasteiger partial charge is 0.417 e. The monoisotopic (exact) mass is 361 g/mol. The molecular weight excluding hydrogens is 347 g/mol. The van der Waals surface area contributed by atoms with E-state index >= 15 is 0 Å². The molecule has 0 spiro atoms. The predicted octanol–water partition coefficient (Wildman–Crippen LogP) is 4.93. The molecule has 6 heteroatoms. The van der Waals surface area contributed by atoms with Gasteiger partial charge in [-0.3, -0.25) is 0 Å². The summed E-state index contributed by atoms with van der Waals surface area (Å²) in [7, 11) is 1.69. The molecule has 0 fully saturated rings. The minimum atomic E-state index is -4.40. The summed E-state index contributed by atoms with van der Waals surface area (Å²) in [6.07, 6.45) is -3.66. The lowest BCUT2D eigenvalue weighted by atomic mass is 10.0. The lowest BCUT2D eigenvalue weighted by Gasteiger charge is -2.17. The van der Waals surface area contributed by atoms with Gasteiger partial charge in [-0.15, -0.1) is 0 Å². The van der Waals surface area contributed by atoms with E-state index in [2.05, 4.69) is 21.2 Å². The topological polar surface area (TPSA) is 25.2 Å². The van der Waals surface area contributed by atoms with Gasteiger partial charge < -0.3 is 9.73 Å². The van der Waals surface area contributed by atoms with E-state index in [1.807, 2.05) is 13.0 Å². The van der Waals surface area contributed by atoms with Crippen LogP contribution in [0.1, 0.15) is 35.6 Å². The van der Waals surface area contributed by atoms with Gasteiger partial charge in [-0.05, 0) is 36.9 Å². The maximum Gasteiger partial charge on any atom is 0.417 e. The summed E-state index contributed by atoms with van der Waals surface area (Å²) in [6, 6.07) is 7.40. The van der Waals surface area contributed by atoms with Crippen LogP contribution in [-0.2, 0) is 12.6 Å². The quantitative estimate of drug-likeness (QED) is 0.834. The zero-order valence-corrected chi connectivity index (χ0v) is 13.2. The third-order valence-corrected chi connectivity index (χ3v) is 3.92. The molecule has 0 saturated heterocycles. The Morgan fingerprint density at radius 2 is 1.95 bits per heavy atom. The molecule has 2 aromatic rings. The maximum absolute atomic E-state index is 13.0. The van der Waals surface area contributed by atoms with Crippen molar-refractivity contribution >= 4 is 15.9 Å². The summed E-state index contributed by atoms with van der Waals surface area (Å²) in [5.41, 5.74) is -0.187. The van der Waals surface area contributed by atoms with Gasteiger partial charge in [0.15, 0.2) is 0 Å². The summed E-state index contributed by atoms with van der Waals surface area (Å²) in [4.78, 5) is 0. The van der Waals surface area contributed by atoms with E-state index in [-0.39, 0.29) is 4.47 Å². The minimum absolute atomic E-state index is 0.0299. The first kappa shape index (κ1) is 16.1. The van der Waals surface area contributed by atoms with E-state index in [4.69, 9.17) is 4.42 Å². The van der Waals surface area contributed by atoms with E-state index in [1.54, 1.807) is 19.2 Å². The lowest BCUT2D eigenvalue weighted by Crippen LogP contribution is -2.18. The fourth-order valence-electron chi connectivity index (χ4n) is 2.15. The molecule has 0 saturated carbocycles. The minimum Gasteiger partial charge on any atom is -0.464 e. The normalized spacial score (nSPS) is 13.4. The highest BCUT2D eigenvalue weighted by Crippen LogP contribution is 2.37. The van der Waals surface area contributed by atoms with Gasteiger partial charge in [0.25, 0.3) is 0 Å². The zero-order chi connectivity index (χ0) is 15.6. The maximum atomic E-state index is 13.0. The second-order valence-electron chi connectivity index (χ2n) is 4.62. The van der Waals surface area contributed by atoms with Crippen LogP contribution in [0.2, 0.25) is 0 Å². The van der Waals surface area contributed by atoms with Crippen molar-refractivity contribution in [1.29, 1.82) is 0 Å². The van der Waals surface area contributed by atoms with Gasteiger partial charge in [0.05, 0.1) is 11.6 Å². The van der Waals surface area contributed by atoms with Crippen LogP contribution in [0.25, 0.3) is 0 Å². The molecule has 1 aromatic carbocycles. The van der Waals surface area contributed by atoms with Gasteiger partial charge >= 0.3 is 6.18 Å². The van der Waals surface area contributed by atoms with Crippen LogP contribution in [-0.4, -0.2) is 7.05 Å². The standard InChI is InChI=1S/C15H15BrF3NO/c1-3-10-5-7-13(21-10)14(20-2)9-4-6-12(16)11(8-9)15(17,18)19/h4-8,14,20H,3H2,1-2H3. The highest BCUT2D eigenvalue weighted by atomic mass is 79.9. The first-order chi connectivity index (χ1) is 9.86. The second-order valence-corrected chi connectivity index (χ2v) is 5.47. The zero-order valence-electron chi connectivity index (χ0n) is 11.6. The second kappa shape index (κ2) is 6.23. The average molecular weight is 362 g/mol. The van der Waals surface area contributed by atoms with Crippen molar-refractivity contribution in [2.75, 3.05) is 7.05 Å². The fraction of sp³-hybridized carbons (Fsp3) is 0.333. The van der Waals surface area contributed by atoms with Crippen molar-refractivity contribution in [2.24, 2.45) is 0 Å². The Kier molecular flexibility index (Phi) is 4.78. The first-order valence-corrected chi connectivity index (χ1v) is 7.28. The van der Waals surface area contributed by atoms with E-state index in [0.717, 1.165) is 18.2 Å². The van der Waals surface area contributed by atoms with Crippen molar-refractivity contribution in [2.45, 2.75) is 25.6 Å². The molecule has 0 aliphatic rings. The third-order valence-electron chi connectivity index (χ3n) is 3.23.